The molecule has 0 unspecified atom stereocenters. The number of ether oxygens (including phenoxy) is 1. The molecule has 0 N–H and O–H groups in total. The molecule has 0 fully saturated rings. The maximum atomic E-state index is 13.1. The number of hydrogen-bond donors (Lipinski definition) is 0. The highest BCUT2D eigenvalue weighted by molar-refractivity contribution is 8.13. The topological polar surface area (TPSA) is 26.3 Å². The maximum absolute atomic E-state index is 13.1. The fourth-order valence-corrected chi connectivity index (χ4v) is 1.78. The zero-order valence-electron chi connectivity index (χ0n) is 10.5. The van der Waals surface area contributed by atoms with Gasteiger partial charge in [0.1, 0.15) is 11.6 Å². The molecule has 0 radical (unpaired) electrons. The molecule has 0 saturated heterocycles. The largest absolute Gasteiger partial charge is 0.493 e. The summed E-state index contributed by atoms with van der Waals surface area (Å²) in [7, 11) is 0. The number of carbonyl (C=O) groups excluding carboxylic acids is 1. The van der Waals surface area contributed by atoms with Gasteiger partial charge in [0, 0.05) is 19.1 Å². The molecule has 1 aromatic rings. The molecular weight excluding hydrogens is 251 g/mol. The van der Waals surface area contributed by atoms with E-state index in [1.165, 1.54) is 30.8 Å². The average molecular weight is 266 g/mol. The molecule has 18 heavy (non-hydrogen) atoms. The van der Waals surface area contributed by atoms with Crippen LogP contribution in [0.25, 0.3) is 0 Å². The summed E-state index contributed by atoms with van der Waals surface area (Å²) in [5, 5.41) is 0.0811. The Morgan fingerprint density at radius 2 is 2.28 bits per heavy atom. The Morgan fingerprint density at radius 1 is 1.50 bits per heavy atom. The molecular formula is C14H15FO2S. The Balaban J connectivity index is 2.67. The van der Waals surface area contributed by atoms with Crippen LogP contribution >= 0.6 is 11.8 Å². The van der Waals surface area contributed by atoms with Gasteiger partial charge in [-0.3, -0.25) is 4.79 Å². The molecule has 0 aliphatic carbocycles. The highest BCUT2D eigenvalue weighted by Gasteiger charge is 2.02. The van der Waals surface area contributed by atoms with Crippen molar-refractivity contribution in [2.75, 3.05) is 12.4 Å². The predicted octanol–water partition coefficient (Wildman–Crippen LogP) is 3.25. The van der Waals surface area contributed by atoms with Gasteiger partial charge in [-0.15, -0.1) is 0 Å². The summed E-state index contributed by atoms with van der Waals surface area (Å²) >= 11 is 1.24. The number of carbonyl (C=O) groups is 1. The fraction of sp³-hybridized carbons (Fsp3) is 0.357. The first-order valence-electron chi connectivity index (χ1n) is 5.68. The minimum Gasteiger partial charge on any atom is -0.493 e. The normalized spacial score (nSPS) is 9.50. The van der Waals surface area contributed by atoms with Gasteiger partial charge < -0.3 is 4.74 Å². The van der Waals surface area contributed by atoms with Crippen molar-refractivity contribution in [1.82, 2.24) is 0 Å². The predicted molar refractivity (Wildman–Crippen MR) is 72.2 cm³/mol. The summed E-state index contributed by atoms with van der Waals surface area (Å²) in [4.78, 5) is 10.7. The van der Waals surface area contributed by atoms with Crippen molar-refractivity contribution in [3.63, 3.8) is 0 Å². The molecule has 0 aromatic heterocycles. The molecule has 4 heteroatoms. The Morgan fingerprint density at radius 3 is 2.94 bits per heavy atom. The van der Waals surface area contributed by atoms with E-state index in [1.54, 1.807) is 6.07 Å². The van der Waals surface area contributed by atoms with Gasteiger partial charge >= 0.3 is 0 Å². The van der Waals surface area contributed by atoms with Crippen LogP contribution in [0.3, 0.4) is 0 Å². The SMILES string of the molecule is CCOc1ccc(F)cc1C#CCCSC(C)=O. The third kappa shape index (κ3) is 5.24. The van der Waals surface area contributed by atoms with Crippen molar-refractivity contribution in [2.24, 2.45) is 0 Å². The molecule has 0 heterocycles. The van der Waals surface area contributed by atoms with Crippen LogP contribution in [0, 0.1) is 17.7 Å². The molecule has 0 saturated carbocycles. The highest BCUT2D eigenvalue weighted by Crippen LogP contribution is 2.18. The second-order valence-corrected chi connectivity index (χ2v) is 4.74. The van der Waals surface area contributed by atoms with Gasteiger partial charge in [-0.2, -0.15) is 0 Å². The van der Waals surface area contributed by atoms with Crippen molar-refractivity contribution in [3.05, 3.63) is 29.6 Å². The fourth-order valence-electron chi connectivity index (χ4n) is 1.28. The molecule has 2 nitrogen and oxygen atoms in total. The molecule has 1 rings (SSSR count). The Hall–Kier alpha value is -1.47. The minimum atomic E-state index is -0.333. The number of rotatable bonds is 4. The Kier molecular flexibility index (Phi) is 6.31. The van der Waals surface area contributed by atoms with Gasteiger partial charge in [-0.25, -0.2) is 4.39 Å². The van der Waals surface area contributed by atoms with E-state index in [2.05, 4.69) is 11.8 Å². The van der Waals surface area contributed by atoms with E-state index in [4.69, 9.17) is 4.74 Å². The second-order valence-electron chi connectivity index (χ2n) is 3.47. The smallest absolute Gasteiger partial charge is 0.185 e. The number of thioether (sulfide) groups is 1. The maximum Gasteiger partial charge on any atom is 0.185 e. The highest BCUT2D eigenvalue weighted by atomic mass is 32.2. The Labute approximate surface area is 111 Å². The lowest BCUT2D eigenvalue weighted by atomic mass is 10.2. The van der Waals surface area contributed by atoms with Crippen LogP contribution in [-0.4, -0.2) is 17.5 Å². The van der Waals surface area contributed by atoms with Crippen LogP contribution in [-0.2, 0) is 4.79 Å². The second kappa shape index (κ2) is 7.78. The van der Waals surface area contributed by atoms with Gasteiger partial charge in [-0.1, -0.05) is 23.6 Å². The van der Waals surface area contributed by atoms with Crippen LogP contribution in [0.1, 0.15) is 25.8 Å². The molecule has 1 aromatic carbocycles. The van der Waals surface area contributed by atoms with Crippen molar-refractivity contribution in [3.8, 4) is 17.6 Å². The van der Waals surface area contributed by atoms with Crippen LogP contribution in [0.4, 0.5) is 4.39 Å². The first-order chi connectivity index (χ1) is 8.63. The van der Waals surface area contributed by atoms with E-state index >= 15 is 0 Å². The van der Waals surface area contributed by atoms with Crippen LogP contribution < -0.4 is 4.74 Å². The third-order valence-corrected chi connectivity index (χ3v) is 2.81. The lowest BCUT2D eigenvalue weighted by molar-refractivity contribution is -0.109. The molecule has 0 bridgehead atoms. The molecule has 0 spiro atoms. The van der Waals surface area contributed by atoms with E-state index in [9.17, 15) is 9.18 Å². The van der Waals surface area contributed by atoms with E-state index in [1.807, 2.05) is 6.92 Å². The summed E-state index contributed by atoms with van der Waals surface area (Å²) in [5.74, 6) is 6.70. The third-order valence-electron chi connectivity index (χ3n) is 2.00. The quantitative estimate of drug-likeness (QED) is 0.618. The van der Waals surface area contributed by atoms with Crippen molar-refractivity contribution < 1.29 is 13.9 Å². The number of halogens is 1. The van der Waals surface area contributed by atoms with Crippen molar-refractivity contribution in [2.45, 2.75) is 20.3 Å². The summed E-state index contributed by atoms with van der Waals surface area (Å²) < 4.78 is 18.5. The average Bonchev–Trinajstić information content (AvgIpc) is 2.32. The number of benzene rings is 1. The minimum absolute atomic E-state index is 0.0811. The van der Waals surface area contributed by atoms with E-state index in [0.717, 1.165) is 0 Å². The van der Waals surface area contributed by atoms with Crippen LogP contribution in [0.15, 0.2) is 18.2 Å². The zero-order chi connectivity index (χ0) is 13.4. The first kappa shape index (κ1) is 14.6. The summed E-state index contributed by atoms with van der Waals surface area (Å²) in [6.07, 6.45) is 0.590. The van der Waals surface area contributed by atoms with Gasteiger partial charge in [0.05, 0.1) is 12.2 Å². The molecule has 0 aliphatic heterocycles. The molecule has 0 amide bonds. The Bertz CT molecular complexity index is 474. The first-order valence-corrected chi connectivity index (χ1v) is 6.66. The lowest BCUT2D eigenvalue weighted by Gasteiger charge is -2.05. The van der Waals surface area contributed by atoms with Crippen LogP contribution in [0.2, 0.25) is 0 Å². The van der Waals surface area contributed by atoms with Gasteiger partial charge in [0.25, 0.3) is 0 Å². The molecule has 96 valence electrons. The summed E-state index contributed by atoms with van der Waals surface area (Å²) in [6, 6.07) is 4.28. The van der Waals surface area contributed by atoms with Crippen LogP contribution in [0.5, 0.6) is 5.75 Å². The summed E-state index contributed by atoms with van der Waals surface area (Å²) in [6.45, 7) is 3.91. The van der Waals surface area contributed by atoms with Crippen molar-refractivity contribution >= 4 is 16.9 Å². The van der Waals surface area contributed by atoms with E-state index in [-0.39, 0.29) is 10.9 Å². The van der Waals surface area contributed by atoms with Gasteiger partial charge in [0.2, 0.25) is 0 Å². The monoisotopic (exact) mass is 266 g/mol. The lowest BCUT2D eigenvalue weighted by Crippen LogP contribution is -1.95. The number of hydrogen-bond acceptors (Lipinski definition) is 3. The van der Waals surface area contributed by atoms with Gasteiger partial charge in [-0.05, 0) is 25.1 Å². The van der Waals surface area contributed by atoms with Crippen molar-refractivity contribution in [1.29, 1.82) is 0 Å². The van der Waals surface area contributed by atoms with Gasteiger partial charge in [0.15, 0.2) is 5.12 Å². The standard InChI is InChI=1S/C14H15FO2S/c1-3-17-14-8-7-13(15)10-12(14)6-4-5-9-18-11(2)16/h7-8,10H,3,5,9H2,1-2H3. The zero-order valence-corrected chi connectivity index (χ0v) is 11.3. The summed E-state index contributed by atoms with van der Waals surface area (Å²) in [5.41, 5.74) is 0.546. The molecule has 0 atom stereocenters. The van der Waals surface area contributed by atoms with E-state index in [0.29, 0.717) is 30.1 Å². The molecule has 0 aliphatic rings. The van der Waals surface area contributed by atoms with E-state index < -0.39 is 0 Å².